The van der Waals surface area contributed by atoms with E-state index in [-0.39, 0.29) is 5.78 Å². The van der Waals surface area contributed by atoms with Crippen molar-refractivity contribution >= 4 is 5.78 Å². The second-order valence-electron chi connectivity index (χ2n) is 2.96. The maximum absolute atomic E-state index is 10.9. The lowest BCUT2D eigenvalue weighted by Crippen LogP contribution is -2.56. The summed E-state index contributed by atoms with van der Waals surface area (Å²) >= 11 is 0. The minimum absolute atomic E-state index is 0.179. The number of nitrogens with one attached hydrogen (secondary N) is 1. The molecule has 1 heterocycles. The highest BCUT2D eigenvalue weighted by atomic mass is 16.5. The molecule has 1 rings (SSSR count). The Morgan fingerprint density at radius 3 is 2.64 bits per heavy atom. The van der Waals surface area contributed by atoms with Crippen LogP contribution in [0.3, 0.4) is 0 Å². The van der Waals surface area contributed by atoms with Crippen LogP contribution >= 0.6 is 0 Å². The molecule has 4 heteroatoms. The Hall–Kier alpha value is -0.450. The molecule has 0 radical (unpaired) electrons. The summed E-state index contributed by atoms with van der Waals surface area (Å²) < 4.78 is 0. The maximum atomic E-state index is 10.9. The summed E-state index contributed by atoms with van der Waals surface area (Å²) in [4.78, 5) is 10.9. The summed E-state index contributed by atoms with van der Waals surface area (Å²) in [5, 5.41) is 20.9. The predicted molar refractivity (Wildman–Crippen MR) is 38.6 cm³/mol. The Balaban J connectivity index is 2.67. The third kappa shape index (κ3) is 1.77. The van der Waals surface area contributed by atoms with Gasteiger partial charge in [-0.05, 0) is 19.8 Å². The summed E-state index contributed by atoms with van der Waals surface area (Å²) in [7, 11) is 0. The van der Waals surface area contributed by atoms with Crippen molar-refractivity contribution in [1.29, 1.82) is 0 Å². The molecule has 0 amide bonds. The molecule has 0 aromatic heterocycles. The minimum atomic E-state index is -1.98. The maximum Gasteiger partial charge on any atom is 0.232 e. The lowest BCUT2D eigenvalue weighted by Gasteiger charge is -2.34. The van der Waals surface area contributed by atoms with E-state index in [0.29, 0.717) is 13.0 Å². The van der Waals surface area contributed by atoms with Gasteiger partial charge in [0, 0.05) is 6.54 Å². The molecule has 1 fully saturated rings. The highest BCUT2D eigenvalue weighted by Crippen LogP contribution is 2.22. The average Bonchev–Trinajstić information content (AvgIpc) is 1.85. The molecule has 0 aromatic rings. The van der Waals surface area contributed by atoms with E-state index in [1.165, 1.54) is 6.92 Å². The Bertz CT molecular complexity index is 167. The van der Waals surface area contributed by atoms with Gasteiger partial charge in [-0.1, -0.05) is 0 Å². The van der Waals surface area contributed by atoms with Crippen LogP contribution in [0.1, 0.15) is 19.8 Å². The molecular weight excluding hydrogens is 146 g/mol. The fourth-order valence-corrected chi connectivity index (χ4v) is 1.39. The number of hydrogen-bond acceptors (Lipinski definition) is 4. The number of rotatable bonds is 1. The Morgan fingerprint density at radius 2 is 2.27 bits per heavy atom. The Kier molecular flexibility index (Phi) is 2.27. The van der Waals surface area contributed by atoms with Crippen LogP contribution in [0, 0.1) is 5.92 Å². The number of piperidine rings is 1. The summed E-state index contributed by atoms with van der Waals surface area (Å²) in [5.74, 6) is -2.83. The summed E-state index contributed by atoms with van der Waals surface area (Å²) in [6, 6.07) is 0. The van der Waals surface area contributed by atoms with Gasteiger partial charge in [0.1, 0.15) is 5.78 Å². The number of aliphatic hydroxyl groups is 2. The molecule has 0 aliphatic carbocycles. The van der Waals surface area contributed by atoms with Gasteiger partial charge in [0.15, 0.2) is 0 Å². The first-order valence-corrected chi connectivity index (χ1v) is 3.74. The first kappa shape index (κ1) is 8.64. The summed E-state index contributed by atoms with van der Waals surface area (Å²) in [6.45, 7) is 1.93. The topological polar surface area (TPSA) is 69.6 Å². The van der Waals surface area contributed by atoms with Gasteiger partial charge in [0.2, 0.25) is 5.91 Å². The van der Waals surface area contributed by atoms with E-state index in [1.807, 2.05) is 0 Å². The lowest BCUT2D eigenvalue weighted by atomic mass is 9.92. The zero-order chi connectivity index (χ0) is 8.48. The van der Waals surface area contributed by atoms with Crippen molar-refractivity contribution in [2.45, 2.75) is 25.7 Å². The highest BCUT2D eigenvalue weighted by molar-refractivity contribution is 5.79. The van der Waals surface area contributed by atoms with Crippen molar-refractivity contribution in [2.24, 2.45) is 5.92 Å². The molecule has 1 saturated heterocycles. The van der Waals surface area contributed by atoms with Crippen LogP contribution in [-0.2, 0) is 4.79 Å². The van der Waals surface area contributed by atoms with Crippen molar-refractivity contribution in [3.63, 3.8) is 0 Å². The molecule has 4 nitrogen and oxygen atoms in total. The lowest BCUT2D eigenvalue weighted by molar-refractivity contribution is -0.229. The van der Waals surface area contributed by atoms with Gasteiger partial charge in [-0.15, -0.1) is 0 Å². The van der Waals surface area contributed by atoms with Crippen molar-refractivity contribution in [3.05, 3.63) is 0 Å². The molecule has 1 unspecified atom stereocenters. The standard InChI is InChI=1S/C7H13NO3/c1-5(9)6-3-2-4-8-7(6,10)11/h6,8,10-11H,2-4H2,1H3. The third-order valence-corrected chi connectivity index (χ3v) is 2.03. The van der Waals surface area contributed by atoms with E-state index >= 15 is 0 Å². The molecule has 1 aliphatic heterocycles. The molecular formula is C7H13NO3. The first-order valence-electron chi connectivity index (χ1n) is 3.74. The van der Waals surface area contributed by atoms with Crippen LogP contribution < -0.4 is 5.32 Å². The number of hydrogen-bond donors (Lipinski definition) is 3. The van der Waals surface area contributed by atoms with Crippen LogP contribution in [0.4, 0.5) is 0 Å². The van der Waals surface area contributed by atoms with Gasteiger partial charge >= 0.3 is 0 Å². The van der Waals surface area contributed by atoms with Gasteiger partial charge in [-0.25, -0.2) is 0 Å². The molecule has 0 saturated carbocycles. The van der Waals surface area contributed by atoms with Crippen LogP contribution in [0.2, 0.25) is 0 Å². The molecule has 11 heavy (non-hydrogen) atoms. The predicted octanol–water partition coefficient (Wildman–Crippen LogP) is -0.787. The largest absolute Gasteiger partial charge is 0.353 e. The first-order chi connectivity index (χ1) is 5.04. The second kappa shape index (κ2) is 2.89. The van der Waals surface area contributed by atoms with Crippen molar-refractivity contribution < 1.29 is 15.0 Å². The van der Waals surface area contributed by atoms with E-state index in [9.17, 15) is 15.0 Å². The normalized spacial score (nSPS) is 29.9. The molecule has 1 atom stereocenters. The molecule has 1 aliphatic rings. The number of carbonyl (C=O) groups is 1. The quantitative estimate of drug-likeness (QED) is 0.439. The molecule has 0 spiro atoms. The molecule has 64 valence electrons. The smallest absolute Gasteiger partial charge is 0.232 e. The van der Waals surface area contributed by atoms with Crippen LogP contribution in [0.25, 0.3) is 0 Å². The second-order valence-corrected chi connectivity index (χ2v) is 2.96. The Labute approximate surface area is 65.2 Å². The monoisotopic (exact) mass is 159 g/mol. The fraction of sp³-hybridized carbons (Fsp3) is 0.857. The van der Waals surface area contributed by atoms with E-state index in [0.717, 1.165) is 6.42 Å². The fourth-order valence-electron chi connectivity index (χ4n) is 1.39. The molecule has 3 N–H and O–H groups in total. The summed E-state index contributed by atoms with van der Waals surface area (Å²) in [5.41, 5.74) is 0. The van der Waals surface area contributed by atoms with Gasteiger partial charge in [0.25, 0.3) is 0 Å². The van der Waals surface area contributed by atoms with E-state index < -0.39 is 11.8 Å². The third-order valence-electron chi connectivity index (χ3n) is 2.03. The van der Waals surface area contributed by atoms with E-state index in [1.54, 1.807) is 0 Å². The number of carbonyl (C=O) groups excluding carboxylic acids is 1. The molecule has 0 bridgehead atoms. The minimum Gasteiger partial charge on any atom is -0.353 e. The number of Topliss-reactive ketones (excluding diaryl/α,β-unsaturated/α-hetero) is 1. The van der Waals surface area contributed by atoms with Crippen molar-refractivity contribution in [3.8, 4) is 0 Å². The average molecular weight is 159 g/mol. The van der Waals surface area contributed by atoms with E-state index in [4.69, 9.17) is 0 Å². The highest BCUT2D eigenvalue weighted by Gasteiger charge is 2.39. The van der Waals surface area contributed by atoms with Gasteiger partial charge in [-0.3, -0.25) is 10.1 Å². The van der Waals surface area contributed by atoms with Gasteiger partial charge < -0.3 is 10.2 Å². The van der Waals surface area contributed by atoms with Gasteiger partial charge in [0.05, 0.1) is 5.92 Å². The van der Waals surface area contributed by atoms with Gasteiger partial charge in [-0.2, -0.15) is 0 Å². The zero-order valence-electron chi connectivity index (χ0n) is 6.50. The summed E-state index contributed by atoms with van der Waals surface area (Å²) in [6.07, 6.45) is 1.36. The zero-order valence-corrected chi connectivity index (χ0v) is 6.50. The SMILES string of the molecule is CC(=O)C1CCCNC1(O)O. The van der Waals surface area contributed by atoms with Crippen molar-refractivity contribution in [1.82, 2.24) is 5.32 Å². The number of ketones is 1. The van der Waals surface area contributed by atoms with Crippen LogP contribution in [0.5, 0.6) is 0 Å². The van der Waals surface area contributed by atoms with Crippen LogP contribution in [0.15, 0.2) is 0 Å². The Morgan fingerprint density at radius 1 is 1.64 bits per heavy atom. The van der Waals surface area contributed by atoms with Crippen molar-refractivity contribution in [2.75, 3.05) is 6.54 Å². The molecule has 0 aromatic carbocycles. The van der Waals surface area contributed by atoms with E-state index in [2.05, 4.69) is 5.32 Å². The van der Waals surface area contributed by atoms with Crippen LogP contribution in [-0.4, -0.2) is 28.5 Å².